The topological polar surface area (TPSA) is 84.0 Å². The average molecular weight is 407 g/mol. The van der Waals surface area contributed by atoms with E-state index in [9.17, 15) is 0 Å². The number of fused-ring (bicyclic) bond motifs is 3. The SMILES string of the molecule is c1cc2c(cc1-c1nc(OCCC3CCCN3)nc3cc4c(cc13)OCO4)OCO2. The van der Waals surface area contributed by atoms with Crippen LogP contribution in [0.5, 0.6) is 29.0 Å². The van der Waals surface area contributed by atoms with E-state index >= 15 is 0 Å². The Morgan fingerprint density at radius 2 is 1.73 bits per heavy atom. The number of ether oxygens (including phenoxy) is 5. The molecule has 1 atom stereocenters. The average Bonchev–Trinajstić information content (AvgIpc) is 3.52. The van der Waals surface area contributed by atoms with Crippen molar-refractivity contribution in [3.05, 3.63) is 30.3 Å². The van der Waals surface area contributed by atoms with Crippen molar-refractivity contribution in [3.63, 3.8) is 0 Å². The molecule has 30 heavy (non-hydrogen) atoms. The van der Waals surface area contributed by atoms with Crippen molar-refractivity contribution in [2.45, 2.75) is 25.3 Å². The van der Waals surface area contributed by atoms with Gasteiger partial charge in [0.25, 0.3) is 0 Å². The predicted molar refractivity (Wildman–Crippen MR) is 108 cm³/mol. The Labute approximate surface area is 173 Å². The molecule has 3 aliphatic heterocycles. The molecule has 1 N–H and O–H groups in total. The van der Waals surface area contributed by atoms with Crippen molar-refractivity contribution in [2.75, 3.05) is 26.7 Å². The summed E-state index contributed by atoms with van der Waals surface area (Å²) >= 11 is 0. The Morgan fingerprint density at radius 3 is 2.57 bits per heavy atom. The first-order valence-corrected chi connectivity index (χ1v) is 10.2. The molecule has 1 aromatic heterocycles. The summed E-state index contributed by atoms with van der Waals surface area (Å²) in [6.45, 7) is 2.08. The van der Waals surface area contributed by atoms with Gasteiger partial charge in [0.05, 0.1) is 17.8 Å². The van der Waals surface area contributed by atoms with Gasteiger partial charge in [0, 0.05) is 23.1 Å². The number of hydrogen-bond donors (Lipinski definition) is 1. The lowest BCUT2D eigenvalue weighted by Gasteiger charge is -2.13. The number of aromatic nitrogens is 2. The Hall–Kier alpha value is -3.26. The second-order valence-electron chi connectivity index (χ2n) is 7.58. The van der Waals surface area contributed by atoms with E-state index < -0.39 is 0 Å². The summed E-state index contributed by atoms with van der Waals surface area (Å²) < 4.78 is 28.0. The fourth-order valence-corrected chi connectivity index (χ4v) is 4.12. The van der Waals surface area contributed by atoms with Crippen molar-refractivity contribution in [3.8, 4) is 40.3 Å². The number of benzene rings is 2. The van der Waals surface area contributed by atoms with Crippen LogP contribution in [0.3, 0.4) is 0 Å². The summed E-state index contributed by atoms with van der Waals surface area (Å²) in [7, 11) is 0. The van der Waals surface area contributed by atoms with E-state index in [-0.39, 0.29) is 13.6 Å². The Morgan fingerprint density at radius 1 is 0.933 bits per heavy atom. The molecule has 6 rings (SSSR count). The molecule has 8 nitrogen and oxygen atoms in total. The van der Waals surface area contributed by atoms with Crippen LogP contribution < -0.4 is 29.0 Å². The monoisotopic (exact) mass is 407 g/mol. The van der Waals surface area contributed by atoms with Gasteiger partial charge in [-0.1, -0.05) is 0 Å². The zero-order chi connectivity index (χ0) is 19.9. The molecule has 3 aromatic rings. The van der Waals surface area contributed by atoms with Gasteiger partial charge in [0.2, 0.25) is 13.6 Å². The third-order valence-electron chi connectivity index (χ3n) is 5.68. The van der Waals surface area contributed by atoms with Gasteiger partial charge in [-0.15, -0.1) is 0 Å². The highest BCUT2D eigenvalue weighted by molar-refractivity contribution is 5.95. The zero-order valence-electron chi connectivity index (χ0n) is 16.3. The molecule has 1 unspecified atom stereocenters. The number of nitrogens with one attached hydrogen (secondary N) is 1. The van der Waals surface area contributed by atoms with E-state index in [1.807, 2.05) is 30.3 Å². The van der Waals surface area contributed by atoms with Crippen LogP contribution in [0.1, 0.15) is 19.3 Å². The third-order valence-corrected chi connectivity index (χ3v) is 5.68. The van der Waals surface area contributed by atoms with E-state index in [0.29, 0.717) is 35.9 Å². The van der Waals surface area contributed by atoms with E-state index in [4.69, 9.17) is 28.7 Å². The number of nitrogens with zero attached hydrogens (tertiary/aromatic N) is 2. The van der Waals surface area contributed by atoms with Crippen molar-refractivity contribution in [2.24, 2.45) is 0 Å². The van der Waals surface area contributed by atoms with Crippen LogP contribution in [0.25, 0.3) is 22.2 Å². The van der Waals surface area contributed by atoms with Gasteiger partial charge in [0.1, 0.15) is 0 Å². The fraction of sp³-hybridized carbons (Fsp3) is 0.364. The molecule has 0 bridgehead atoms. The van der Waals surface area contributed by atoms with E-state index in [2.05, 4.69) is 10.3 Å². The van der Waals surface area contributed by atoms with Crippen LogP contribution >= 0.6 is 0 Å². The Bertz CT molecular complexity index is 1110. The van der Waals surface area contributed by atoms with E-state index in [1.54, 1.807) is 0 Å². The highest BCUT2D eigenvalue weighted by Gasteiger charge is 2.21. The van der Waals surface area contributed by atoms with Crippen LogP contribution in [0.4, 0.5) is 0 Å². The van der Waals surface area contributed by atoms with Gasteiger partial charge in [-0.25, -0.2) is 0 Å². The Kier molecular flexibility index (Phi) is 4.23. The van der Waals surface area contributed by atoms with Gasteiger partial charge < -0.3 is 29.0 Å². The smallest absolute Gasteiger partial charge is 0.317 e. The molecule has 154 valence electrons. The lowest BCUT2D eigenvalue weighted by Crippen LogP contribution is -2.23. The minimum atomic E-state index is 0.205. The first-order valence-electron chi connectivity index (χ1n) is 10.2. The molecule has 0 amide bonds. The molecule has 8 heteroatoms. The molecular weight excluding hydrogens is 386 g/mol. The first-order chi connectivity index (χ1) is 14.8. The standard InChI is InChI=1S/C22H21N3O5/c1-2-14(23-6-1)5-7-26-22-24-16-10-20-19(29-12-30-20)9-15(16)21(25-22)13-3-4-17-18(8-13)28-11-27-17/h3-4,8-10,14,23H,1-2,5-7,11-12H2. The van der Waals surface area contributed by atoms with Gasteiger partial charge in [-0.3, -0.25) is 0 Å². The van der Waals surface area contributed by atoms with Crippen molar-refractivity contribution in [1.29, 1.82) is 0 Å². The highest BCUT2D eigenvalue weighted by Crippen LogP contribution is 2.41. The molecule has 1 fully saturated rings. The number of hydrogen-bond acceptors (Lipinski definition) is 8. The predicted octanol–water partition coefficient (Wildman–Crippen LogP) is 3.28. The van der Waals surface area contributed by atoms with Gasteiger partial charge in [-0.2, -0.15) is 9.97 Å². The van der Waals surface area contributed by atoms with Crippen molar-refractivity contribution in [1.82, 2.24) is 15.3 Å². The van der Waals surface area contributed by atoms with Crippen molar-refractivity contribution < 1.29 is 23.7 Å². The van der Waals surface area contributed by atoms with Crippen LogP contribution in [0.2, 0.25) is 0 Å². The van der Waals surface area contributed by atoms with Gasteiger partial charge >= 0.3 is 6.01 Å². The van der Waals surface area contributed by atoms with E-state index in [0.717, 1.165) is 40.9 Å². The van der Waals surface area contributed by atoms with E-state index in [1.165, 1.54) is 12.8 Å². The van der Waals surface area contributed by atoms with Gasteiger partial charge in [0.15, 0.2) is 23.0 Å². The maximum Gasteiger partial charge on any atom is 0.317 e. The highest BCUT2D eigenvalue weighted by atomic mass is 16.7. The van der Waals surface area contributed by atoms with Gasteiger partial charge in [-0.05, 0) is 50.1 Å². The summed E-state index contributed by atoms with van der Waals surface area (Å²) in [6, 6.07) is 10.4. The molecule has 3 aliphatic rings. The first kappa shape index (κ1) is 17.6. The van der Waals surface area contributed by atoms with Crippen LogP contribution in [-0.2, 0) is 0 Å². The molecule has 0 spiro atoms. The molecule has 0 saturated carbocycles. The minimum absolute atomic E-state index is 0.205. The molecule has 4 heterocycles. The third kappa shape index (κ3) is 3.13. The molecule has 1 saturated heterocycles. The maximum absolute atomic E-state index is 5.96. The molecule has 0 aliphatic carbocycles. The zero-order valence-corrected chi connectivity index (χ0v) is 16.3. The molecular formula is C22H21N3O5. The minimum Gasteiger partial charge on any atom is -0.463 e. The second kappa shape index (κ2) is 7.21. The lowest BCUT2D eigenvalue weighted by molar-refractivity contribution is 0.173. The summed E-state index contributed by atoms with van der Waals surface area (Å²) in [4.78, 5) is 9.37. The summed E-state index contributed by atoms with van der Waals surface area (Å²) in [5.74, 6) is 2.80. The summed E-state index contributed by atoms with van der Waals surface area (Å²) in [6.07, 6.45) is 3.34. The summed E-state index contributed by atoms with van der Waals surface area (Å²) in [5.41, 5.74) is 2.40. The normalized spacial score (nSPS) is 18.9. The van der Waals surface area contributed by atoms with Crippen LogP contribution in [-0.4, -0.2) is 42.7 Å². The molecule has 0 radical (unpaired) electrons. The maximum atomic E-state index is 5.96. The summed E-state index contributed by atoms with van der Waals surface area (Å²) in [5, 5.41) is 4.35. The molecule has 2 aromatic carbocycles. The Balaban J connectivity index is 1.39. The number of rotatable bonds is 5. The van der Waals surface area contributed by atoms with Crippen molar-refractivity contribution >= 4 is 10.9 Å². The quantitative estimate of drug-likeness (QED) is 0.690. The second-order valence-corrected chi connectivity index (χ2v) is 7.58. The largest absolute Gasteiger partial charge is 0.463 e. The fourth-order valence-electron chi connectivity index (χ4n) is 4.12. The van der Waals surface area contributed by atoms with Crippen LogP contribution in [0.15, 0.2) is 30.3 Å². The lowest BCUT2D eigenvalue weighted by atomic mass is 10.1. The van der Waals surface area contributed by atoms with Crippen LogP contribution in [0, 0.1) is 0 Å².